The number of para-hydroxylation sites is 1. The number of hydrogen-bond donors (Lipinski definition) is 0. The maximum absolute atomic E-state index is 6.46. The van der Waals surface area contributed by atoms with E-state index in [2.05, 4.69) is 54.3 Å². The van der Waals surface area contributed by atoms with Gasteiger partial charge in [-0.15, -0.1) is 0 Å². The van der Waals surface area contributed by atoms with Crippen LogP contribution in [0.2, 0.25) is 0 Å². The second-order valence-electron chi connectivity index (χ2n) is 8.12. The first-order valence-electron chi connectivity index (χ1n) is 9.62. The van der Waals surface area contributed by atoms with Crippen LogP contribution in [0.1, 0.15) is 31.2 Å². The second kappa shape index (κ2) is 5.83. The number of benzene rings is 1. The van der Waals surface area contributed by atoms with Crippen molar-refractivity contribution in [3.63, 3.8) is 0 Å². The van der Waals surface area contributed by atoms with Crippen molar-refractivity contribution in [3.8, 4) is 0 Å². The van der Waals surface area contributed by atoms with E-state index in [0.717, 1.165) is 19.6 Å². The van der Waals surface area contributed by atoms with Gasteiger partial charge in [-0.1, -0.05) is 29.8 Å². The first-order chi connectivity index (χ1) is 12.2. The fraction of sp³-hybridized carbons (Fsp3) is 0.619. The lowest BCUT2D eigenvalue weighted by Gasteiger charge is -2.54. The topological polar surface area (TPSA) is 24.9 Å². The summed E-state index contributed by atoms with van der Waals surface area (Å²) in [5.74, 6) is 1.80. The highest BCUT2D eigenvalue weighted by molar-refractivity contribution is 5.60. The van der Waals surface area contributed by atoms with E-state index >= 15 is 0 Å². The Labute approximate surface area is 150 Å². The van der Waals surface area contributed by atoms with Crippen LogP contribution in [0.25, 0.3) is 0 Å². The Balaban J connectivity index is 1.61. The summed E-state index contributed by atoms with van der Waals surface area (Å²) in [7, 11) is 4.09. The van der Waals surface area contributed by atoms with Gasteiger partial charge in [0.15, 0.2) is 0 Å². The normalized spacial score (nSPS) is 41.4. The number of likely N-dealkylation sites (N-methyl/N-ethyl adjacent to an activating group) is 1. The quantitative estimate of drug-likeness (QED) is 0.733. The molecule has 4 fully saturated rings. The number of fused-ring (bicyclic) bond motifs is 2. The summed E-state index contributed by atoms with van der Waals surface area (Å²) >= 11 is 0. The molecular formula is C21H28N2O2. The zero-order valence-corrected chi connectivity index (χ0v) is 15.4. The van der Waals surface area contributed by atoms with Crippen LogP contribution in [0.5, 0.6) is 0 Å². The van der Waals surface area contributed by atoms with Gasteiger partial charge in [-0.25, -0.2) is 5.06 Å². The molecule has 1 saturated carbocycles. The third kappa shape index (κ3) is 2.17. The molecule has 1 aliphatic carbocycles. The maximum atomic E-state index is 6.46. The molecule has 4 heteroatoms. The fourth-order valence-corrected chi connectivity index (χ4v) is 6.06. The standard InChI is InChI=1S/C21H28N2O2/c1-4-13-11-22(2)19-9-16-14-7-5-6-8-18(14)23(24-3)21(16)20-10-15(13)17(19)12-25-20/h4-8,15-17,19-21H,9-12H2,1-3H3/b13-4-/t15-,16?,17+,19?,20?,21?/m1/s1. The van der Waals surface area contributed by atoms with Crippen molar-refractivity contribution < 1.29 is 9.57 Å². The average Bonchev–Trinajstić information content (AvgIpc) is 2.94. The van der Waals surface area contributed by atoms with E-state index in [1.807, 2.05) is 0 Å². The summed E-state index contributed by atoms with van der Waals surface area (Å²) in [4.78, 5) is 8.45. The van der Waals surface area contributed by atoms with Crippen LogP contribution in [0.15, 0.2) is 35.9 Å². The molecule has 4 heterocycles. The molecule has 4 bridgehead atoms. The van der Waals surface area contributed by atoms with Gasteiger partial charge in [0.25, 0.3) is 0 Å². The number of hydrogen-bond acceptors (Lipinski definition) is 4. The molecule has 4 nitrogen and oxygen atoms in total. The van der Waals surface area contributed by atoms with Gasteiger partial charge >= 0.3 is 0 Å². The molecule has 0 amide bonds. The Bertz CT molecular complexity index is 703. The lowest BCUT2D eigenvalue weighted by Crippen LogP contribution is -2.60. The molecule has 0 aromatic heterocycles. The molecule has 3 saturated heterocycles. The SMILES string of the molecule is C/C=C1/CN(C)C2CC3c4ccccc4N(OC)C3C3C[C@H]1[C@@H]2CO3. The van der Waals surface area contributed by atoms with E-state index < -0.39 is 0 Å². The van der Waals surface area contributed by atoms with Crippen molar-refractivity contribution in [2.45, 2.75) is 43.9 Å². The lowest BCUT2D eigenvalue weighted by molar-refractivity contribution is -0.114. The van der Waals surface area contributed by atoms with Gasteiger partial charge < -0.3 is 4.74 Å². The van der Waals surface area contributed by atoms with Crippen molar-refractivity contribution in [1.82, 2.24) is 4.90 Å². The van der Waals surface area contributed by atoms with Crippen LogP contribution in [-0.4, -0.2) is 50.4 Å². The number of piperidine rings is 1. The molecule has 25 heavy (non-hydrogen) atoms. The van der Waals surface area contributed by atoms with Gasteiger partial charge in [-0.3, -0.25) is 9.74 Å². The van der Waals surface area contributed by atoms with Gasteiger partial charge in [0.05, 0.1) is 31.5 Å². The molecule has 4 aliphatic heterocycles. The van der Waals surface area contributed by atoms with Gasteiger partial charge in [-0.05, 0) is 44.4 Å². The fourth-order valence-electron chi connectivity index (χ4n) is 6.06. The molecule has 1 aromatic carbocycles. The molecular weight excluding hydrogens is 312 g/mol. The summed E-state index contributed by atoms with van der Waals surface area (Å²) in [5.41, 5.74) is 4.28. The minimum absolute atomic E-state index is 0.248. The largest absolute Gasteiger partial charge is 0.376 e. The summed E-state index contributed by atoms with van der Waals surface area (Å²) < 4.78 is 6.46. The van der Waals surface area contributed by atoms with Crippen molar-refractivity contribution in [2.75, 3.05) is 32.4 Å². The van der Waals surface area contributed by atoms with Gasteiger partial charge in [0.2, 0.25) is 0 Å². The van der Waals surface area contributed by atoms with Gasteiger partial charge in [0.1, 0.15) is 0 Å². The Kier molecular flexibility index (Phi) is 3.70. The Morgan fingerprint density at radius 3 is 2.84 bits per heavy atom. The number of anilines is 1. The highest BCUT2D eigenvalue weighted by atomic mass is 16.7. The van der Waals surface area contributed by atoms with Crippen molar-refractivity contribution in [1.29, 1.82) is 0 Å². The first-order valence-corrected chi connectivity index (χ1v) is 9.62. The minimum atomic E-state index is 0.248. The molecule has 0 N–H and O–H groups in total. The number of likely N-dealkylation sites (tertiary alicyclic amines) is 1. The highest BCUT2D eigenvalue weighted by Gasteiger charge is 2.54. The van der Waals surface area contributed by atoms with Crippen LogP contribution in [0.4, 0.5) is 5.69 Å². The molecule has 0 spiro atoms. The second-order valence-corrected chi connectivity index (χ2v) is 8.12. The van der Waals surface area contributed by atoms with Crippen molar-refractivity contribution in [3.05, 3.63) is 41.5 Å². The zero-order valence-electron chi connectivity index (χ0n) is 15.4. The molecule has 1 aromatic rings. The number of nitrogens with zero attached hydrogens (tertiary/aromatic N) is 2. The summed E-state index contributed by atoms with van der Waals surface area (Å²) in [6, 6.07) is 9.65. The van der Waals surface area contributed by atoms with Crippen LogP contribution >= 0.6 is 0 Å². The van der Waals surface area contributed by atoms with E-state index in [0.29, 0.717) is 29.8 Å². The molecule has 134 valence electrons. The first kappa shape index (κ1) is 15.9. The van der Waals surface area contributed by atoms with Crippen molar-refractivity contribution in [2.24, 2.45) is 11.8 Å². The average molecular weight is 340 g/mol. The number of ether oxygens (including phenoxy) is 1. The molecule has 4 unspecified atom stereocenters. The monoisotopic (exact) mass is 340 g/mol. The predicted octanol–water partition coefficient (Wildman–Crippen LogP) is 3.21. The van der Waals surface area contributed by atoms with Crippen LogP contribution in [0.3, 0.4) is 0 Å². The number of rotatable bonds is 1. The van der Waals surface area contributed by atoms with Crippen LogP contribution < -0.4 is 5.06 Å². The third-order valence-corrected chi connectivity index (χ3v) is 7.17. The molecule has 5 aliphatic rings. The summed E-state index contributed by atoms with van der Waals surface area (Å²) in [6.07, 6.45) is 4.93. The van der Waals surface area contributed by atoms with Crippen LogP contribution in [0, 0.1) is 11.8 Å². The van der Waals surface area contributed by atoms with E-state index in [9.17, 15) is 0 Å². The van der Waals surface area contributed by atoms with Gasteiger partial charge in [-0.2, -0.15) is 0 Å². The van der Waals surface area contributed by atoms with E-state index in [-0.39, 0.29) is 6.10 Å². The smallest absolute Gasteiger partial charge is 0.0897 e. The number of allylic oxidation sites excluding steroid dienone is 1. The number of hydroxylamine groups is 1. The summed E-state index contributed by atoms with van der Waals surface area (Å²) in [6.45, 7) is 4.20. The Morgan fingerprint density at radius 1 is 1.20 bits per heavy atom. The van der Waals surface area contributed by atoms with Crippen LogP contribution in [-0.2, 0) is 9.57 Å². The highest BCUT2D eigenvalue weighted by Crippen LogP contribution is 2.53. The van der Waals surface area contributed by atoms with E-state index in [4.69, 9.17) is 9.57 Å². The lowest BCUT2D eigenvalue weighted by atomic mass is 9.66. The maximum Gasteiger partial charge on any atom is 0.0897 e. The third-order valence-electron chi connectivity index (χ3n) is 7.17. The predicted molar refractivity (Wildman–Crippen MR) is 98.6 cm³/mol. The van der Waals surface area contributed by atoms with E-state index in [1.54, 1.807) is 12.7 Å². The molecule has 6 atom stereocenters. The Morgan fingerprint density at radius 2 is 2.04 bits per heavy atom. The molecule has 6 rings (SSSR count). The zero-order chi connectivity index (χ0) is 17.1. The molecule has 0 radical (unpaired) electrons. The van der Waals surface area contributed by atoms with Gasteiger partial charge in [0, 0.05) is 24.4 Å². The Hall–Kier alpha value is -1.36. The minimum Gasteiger partial charge on any atom is -0.376 e. The van der Waals surface area contributed by atoms with E-state index in [1.165, 1.54) is 17.7 Å². The summed E-state index contributed by atoms with van der Waals surface area (Å²) in [5, 5.41) is 2.14. The van der Waals surface area contributed by atoms with Crippen molar-refractivity contribution >= 4 is 5.69 Å².